The van der Waals surface area contributed by atoms with E-state index >= 15 is 0 Å². The number of hydrogen-bond acceptors (Lipinski definition) is 3. The van der Waals surface area contributed by atoms with Gasteiger partial charge in [-0.25, -0.2) is 0 Å². The molecule has 1 aromatic carbocycles. The van der Waals surface area contributed by atoms with E-state index in [0.717, 1.165) is 5.69 Å². The van der Waals surface area contributed by atoms with E-state index in [-0.39, 0.29) is 11.8 Å². The highest BCUT2D eigenvalue weighted by atomic mass is 16.2. The number of carbonyl (C=O) groups excluding carboxylic acids is 2. The van der Waals surface area contributed by atoms with Gasteiger partial charge in [0.15, 0.2) is 0 Å². The van der Waals surface area contributed by atoms with Crippen LogP contribution in [0.5, 0.6) is 0 Å². The highest BCUT2D eigenvalue weighted by Gasteiger charge is 2.33. The van der Waals surface area contributed by atoms with Crippen molar-refractivity contribution in [2.75, 3.05) is 12.4 Å². The molecule has 2 aliphatic rings. The maximum atomic E-state index is 12.0. The molecule has 1 fully saturated rings. The molecule has 1 N–H and O–H groups in total. The molecule has 0 saturated heterocycles. The van der Waals surface area contributed by atoms with Crippen molar-refractivity contribution in [1.29, 1.82) is 0 Å². The van der Waals surface area contributed by atoms with Gasteiger partial charge < -0.3 is 5.32 Å². The van der Waals surface area contributed by atoms with Crippen LogP contribution in [-0.4, -0.2) is 29.8 Å². The summed E-state index contributed by atoms with van der Waals surface area (Å²) in [7, 11) is 1.53. The summed E-state index contributed by atoms with van der Waals surface area (Å²) in [6, 6.07) is 6.00. The van der Waals surface area contributed by atoms with Crippen molar-refractivity contribution in [2.45, 2.75) is 45.1 Å². The van der Waals surface area contributed by atoms with Crippen molar-refractivity contribution in [1.82, 2.24) is 4.90 Å². The Balaban J connectivity index is 1.82. The topological polar surface area (TPSA) is 49.4 Å². The van der Waals surface area contributed by atoms with Gasteiger partial charge in [0.25, 0.3) is 11.8 Å². The number of nitrogens with one attached hydrogen (secondary N) is 1. The van der Waals surface area contributed by atoms with E-state index in [1.54, 1.807) is 6.07 Å². The van der Waals surface area contributed by atoms with Gasteiger partial charge in [-0.05, 0) is 37.0 Å². The van der Waals surface area contributed by atoms with Gasteiger partial charge in [0.1, 0.15) is 0 Å². The molecule has 1 heterocycles. The zero-order chi connectivity index (χ0) is 15.0. The average Bonchev–Trinajstić information content (AvgIpc) is 2.72. The van der Waals surface area contributed by atoms with Gasteiger partial charge in [0, 0.05) is 18.8 Å². The summed E-state index contributed by atoms with van der Waals surface area (Å²) < 4.78 is 0. The lowest BCUT2D eigenvalue weighted by Gasteiger charge is -2.32. The third-order valence-corrected chi connectivity index (χ3v) is 4.88. The molecule has 4 nitrogen and oxygen atoms in total. The summed E-state index contributed by atoms with van der Waals surface area (Å²) in [6.45, 7) is 2.24. The smallest absolute Gasteiger partial charge is 0.261 e. The largest absolute Gasteiger partial charge is 0.382 e. The van der Waals surface area contributed by atoms with Crippen LogP contribution in [0.3, 0.4) is 0 Å². The van der Waals surface area contributed by atoms with Gasteiger partial charge in [-0.3, -0.25) is 14.5 Å². The minimum atomic E-state index is -0.203. The molecule has 4 heteroatoms. The minimum Gasteiger partial charge on any atom is -0.382 e. The Bertz CT molecular complexity index is 582. The van der Waals surface area contributed by atoms with E-state index in [4.69, 9.17) is 0 Å². The van der Waals surface area contributed by atoms with Crippen molar-refractivity contribution in [3.8, 4) is 0 Å². The van der Waals surface area contributed by atoms with Gasteiger partial charge in [0.2, 0.25) is 0 Å². The fraction of sp³-hybridized carbons (Fsp3) is 0.529. The van der Waals surface area contributed by atoms with Crippen molar-refractivity contribution in [3.05, 3.63) is 29.3 Å². The van der Waals surface area contributed by atoms with Gasteiger partial charge >= 0.3 is 0 Å². The van der Waals surface area contributed by atoms with Crippen LogP contribution in [-0.2, 0) is 0 Å². The number of fused-ring (bicyclic) bond motifs is 1. The number of rotatable bonds is 3. The van der Waals surface area contributed by atoms with Crippen LogP contribution < -0.4 is 5.32 Å². The molecule has 1 aliphatic carbocycles. The molecular formula is C17H22N2O2. The number of hydrogen-bond donors (Lipinski definition) is 1. The van der Waals surface area contributed by atoms with Crippen LogP contribution in [0.25, 0.3) is 0 Å². The van der Waals surface area contributed by atoms with E-state index in [2.05, 4.69) is 12.2 Å². The zero-order valence-electron chi connectivity index (χ0n) is 12.7. The fourth-order valence-corrected chi connectivity index (χ4v) is 3.55. The number of amides is 2. The molecule has 0 aromatic heterocycles. The summed E-state index contributed by atoms with van der Waals surface area (Å²) in [5, 5.41) is 3.58. The summed E-state index contributed by atoms with van der Waals surface area (Å²) >= 11 is 0. The normalized spacial score (nSPS) is 25.1. The molecule has 21 heavy (non-hydrogen) atoms. The Hall–Kier alpha value is -1.84. The maximum absolute atomic E-state index is 12.0. The highest BCUT2D eigenvalue weighted by molar-refractivity contribution is 6.21. The summed E-state index contributed by atoms with van der Waals surface area (Å²) in [5.41, 5.74) is 2.00. The van der Waals surface area contributed by atoms with Crippen LogP contribution in [0.15, 0.2) is 18.2 Å². The molecule has 3 rings (SSSR count). The van der Waals surface area contributed by atoms with Crippen molar-refractivity contribution in [2.24, 2.45) is 5.92 Å². The van der Waals surface area contributed by atoms with Crippen LogP contribution >= 0.6 is 0 Å². The predicted molar refractivity (Wildman–Crippen MR) is 82.5 cm³/mol. The molecule has 0 spiro atoms. The number of anilines is 1. The summed E-state index contributed by atoms with van der Waals surface area (Å²) in [6.07, 6.45) is 6.22. The first-order valence-electron chi connectivity index (χ1n) is 7.84. The van der Waals surface area contributed by atoms with E-state index in [1.165, 1.54) is 44.1 Å². The lowest BCUT2D eigenvalue weighted by molar-refractivity contribution is 0.0693. The van der Waals surface area contributed by atoms with Gasteiger partial charge in [0.05, 0.1) is 11.1 Å². The lowest BCUT2D eigenvalue weighted by atomic mass is 9.83. The molecule has 1 aromatic rings. The third-order valence-electron chi connectivity index (χ3n) is 4.88. The van der Waals surface area contributed by atoms with Gasteiger partial charge in [-0.1, -0.05) is 26.2 Å². The number of imide groups is 1. The SMILES string of the molecule is CCC1CCCCC1Nc1ccc2c(c1)C(=O)N(C)C2=O. The second-order valence-electron chi connectivity index (χ2n) is 6.13. The van der Waals surface area contributed by atoms with Crippen molar-refractivity contribution in [3.63, 3.8) is 0 Å². The average molecular weight is 286 g/mol. The molecular weight excluding hydrogens is 264 g/mol. The second-order valence-corrected chi connectivity index (χ2v) is 6.13. The van der Waals surface area contributed by atoms with Gasteiger partial charge in [-0.15, -0.1) is 0 Å². The quantitative estimate of drug-likeness (QED) is 0.867. The third kappa shape index (κ3) is 2.43. The van der Waals surface area contributed by atoms with Crippen molar-refractivity contribution < 1.29 is 9.59 Å². The number of carbonyl (C=O) groups is 2. The first-order chi connectivity index (χ1) is 10.1. The number of benzene rings is 1. The standard InChI is InChI=1S/C17H22N2O2/c1-3-11-6-4-5-7-15(11)18-12-8-9-13-14(10-12)17(21)19(2)16(13)20/h8-11,15,18H,3-7H2,1-2H3. The Kier molecular flexibility index (Phi) is 3.70. The molecule has 2 atom stereocenters. The van der Waals surface area contributed by atoms with Crippen LogP contribution in [0, 0.1) is 5.92 Å². The van der Waals surface area contributed by atoms with E-state index < -0.39 is 0 Å². The molecule has 1 aliphatic heterocycles. The summed E-state index contributed by atoms with van der Waals surface area (Å²) in [4.78, 5) is 25.1. The maximum Gasteiger partial charge on any atom is 0.261 e. The van der Waals surface area contributed by atoms with Gasteiger partial charge in [-0.2, -0.15) is 0 Å². The molecule has 112 valence electrons. The molecule has 0 radical (unpaired) electrons. The number of nitrogens with zero attached hydrogens (tertiary/aromatic N) is 1. The van der Waals surface area contributed by atoms with Crippen LogP contribution in [0.4, 0.5) is 5.69 Å². The fourth-order valence-electron chi connectivity index (χ4n) is 3.55. The first-order valence-corrected chi connectivity index (χ1v) is 7.84. The van der Waals surface area contributed by atoms with E-state index in [1.807, 2.05) is 12.1 Å². The zero-order valence-corrected chi connectivity index (χ0v) is 12.7. The first kappa shape index (κ1) is 14.1. The lowest BCUT2D eigenvalue weighted by Crippen LogP contribution is -2.31. The van der Waals surface area contributed by atoms with Crippen LogP contribution in [0.2, 0.25) is 0 Å². The Morgan fingerprint density at radius 2 is 1.86 bits per heavy atom. The minimum absolute atomic E-state index is 0.200. The monoisotopic (exact) mass is 286 g/mol. The molecule has 1 saturated carbocycles. The highest BCUT2D eigenvalue weighted by Crippen LogP contribution is 2.31. The van der Waals surface area contributed by atoms with E-state index in [9.17, 15) is 9.59 Å². The predicted octanol–water partition coefficient (Wildman–Crippen LogP) is 3.29. The molecule has 0 bridgehead atoms. The Morgan fingerprint density at radius 3 is 2.62 bits per heavy atom. The Labute approximate surface area is 125 Å². The van der Waals surface area contributed by atoms with Crippen LogP contribution in [0.1, 0.15) is 59.7 Å². The van der Waals surface area contributed by atoms with E-state index in [0.29, 0.717) is 23.1 Å². The summed E-state index contributed by atoms with van der Waals surface area (Å²) in [5.74, 6) is 0.298. The molecule has 2 unspecified atom stereocenters. The Morgan fingerprint density at radius 1 is 1.14 bits per heavy atom. The molecule has 2 amide bonds. The second kappa shape index (κ2) is 5.51. The van der Waals surface area contributed by atoms with Crippen molar-refractivity contribution >= 4 is 17.5 Å².